The van der Waals surface area contributed by atoms with E-state index in [0.29, 0.717) is 11.4 Å². The molecule has 2 aromatic carbocycles. The molecule has 0 saturated carbocycles. The molecule has 0 aliphatic carbocycles. The number of hydrogen-bond donors (Lipinski definition) is 2. The third-order valence-corrected chi connectivity index (χ3v) is 4.75. The zero-order valence-electron chi connectivity index (χ0n) is 13.9. The Morgan fingerprint density at radius 1 is 1.04 bits per heavy atom. The molecule has 3 aromatic rings. The monoisotopic (exact) mass is 352 g/mol. The molecule has 0 aliphatic rings. The van der Waals surface area contributed by atoms with Crippen molar-refractivity contribution < 1.29 is 9.53 Å². The first-order valence-electron chi connectivity index (χ1n) is 8.02. The van der Waals surface area contributed by atoms with Crippen molar-refractivity contribution in [2.24, 2.45) is 0 Å². The van der Waals surface area contributed by atoms with Gasteiger partial charge in [-0.1, -0.05) is 48.5 Å². The van der Waals surface area contributed by atoms with Crippen LogP contribution in [0.5, 0.6) is 5.75 Å². The SMILES string of the molecule is COc1ccccc1NC(=O)CN[C@@H](c1ccccc1)c1cccs1. The van der Waals surface area contributed by atoms with Gasteiger partial charge in [0.05, 0.1) is 25.4 Å². The second-order valence-corrected chi connectivity index (χ2v) is 6.47. The first kappa shape index (κ1) is 17.2. The van der Waals surface area contributed by atoms with E-state index in [-0.39, 0.29) is 18.5 Å². The third-order valence-electron chi connectivity index (χ3n) is 3.81. The quantitative estimate of drug-likeness (QED) is 0.674. The van der Waals surface area contributed by atoms with Gasteiger partial charge in [-0.15, -0.1) is 11.3 Å². The zero-order valence-corrected chi connectivity index (χ0v) is 14.8. The predicted octanol–water partition coefficient (Wildman–Crippen LogP) is 4.07. The second-order valence-electron chi connectivity index (χ2n) is 5.49. The van der Waals surface area contributed by atoms with Crippen molar-refractivity contribution in [1.29, 1.82) is 0 Å². The van der Waals surface area contributed by atoms with Gasteiger partial charge in [0.25, 0.3) is 0 Å². The maximum absolute atomic E-state index is 12.4. The minimum atomic E-state index is -0.109. The summed E-state index contributed by atoms with van der Waals surface area (Å²) in [5.74, 6) is 0.538. The van der Waals surface area contributed by atoms with Crippen molar-refractivity contribution in [3.63, 3.8) is 0 Å². The van der Waals surface area contributed by atoms with Crippen LogP contribution < -0.4 is 15.4 Å². The van der Waals surface area contributed by atoms with Crippen molar-refractivity contribution in [2.75, 3.05) is 19.0 Å². The van der Waals surface area contributed by atoms with E-state index in [4.69, 9.17) is 4.74 Å². The van der Waals surface area contributed by atoms with E-state index < -0.39 is 0 Å². The van der Waals surface area contributed by atoms with Gasteiger partial charge in [-0.05, 0) is 29.1 Å². The first-order valence-corrected chi connectivity index (χ1v) is 8.90. The fourth-order valence-electron chi connectivity index (χ4n) is 2.62. The van der Waals surface area contributed by atoms with Crippen LogP contribution in [0.1, 0.15) is 16.5 Å². The molecule has 1 aromatic heterocycles. The Hall–Kier alpha value is -2.63. The molecule has 1 atom stereocenters. The molecular formula is C20H20N2O2S. The molecule has 0 fully saturated rings. The van der Waals surface area contributed by atoms with Gasteiger partial charge >= 0.3 is 0 Å². The summed E-state index contributed by atoms with van der Waals surface area (Å²) in [5, 5.41) is 8.29. The highest BCUT2D eigenvalue weighted by Crippen LogP contribution is 2.26. The normalized spacial score (nSPS) is 11.7. The van der Waals surface area contributed by atoms with Crippen LogP contribution in [-0.2, 0) is 4.79 Å². The molecule has 3 rings (SSSR count). The Bertz CT molecular complexity index is 804. The second kappa shape index (κ2) is 8.46. The predicted molar refractivity (Wildman–Crippen MR) is 102 cm³/mol. The van der Waals surface area contributed by atoms with Crippen LogP contribution in [0.15, 0.2) is 72.1 Å². The number of hydrogen-bond acceptors (Lipinski definition) is 4. The van der Waals surface area contributed by atoms with Crippen LogP contribution in [0, 0.1) is 0 Å². The van der Waals surface area contributed by atoms with Crippen molar-refractivity contribution >= 4 is 22.9 Å². The van der Waals surface area contributed by atoms with Crippen LogP contribution in [0.2, 0.25) is 0 Å². The molecule has 128 valence electrons. The molecule has 25 heavy (non-hydrogen) atoms. The zero-order chi connectivity index (χ0) is 17.5. The molecule has 0 radical (unpaired) electrons. The lowest BCUT2D eigenvalue weighted by atomic mass is 10.1. The number of anilines is 1. The maximum Gasteiger partial charge on any atom is 0.238 e. The van der Waals surface area contributed by atoms with E-state index in [1.165, 1.54) is 4.88 Å². The van der Waals surface area contributed by atoms with Gasteiger partial charge in [-0.25, -0.2) is 0 Å². The molecule has 2 N–H and O–H groups in total. The molecule has 1 amide bonds. The smallest absolute Gasteiger partial charge is 0.238 e. The lowest BCUT2D eigenvalue weighted by Gasteiger charge is -2.18. The Labute approximate surface area is 151 Å². The number of methoxy groups -OCH3 is 1. The molecule has 4 nitrogen and oxygen atoms in total. The van der Waals surface area contributed by atoms with Gasteiger partial charge < -0.3 is 10.1 Å². The number of thiophene rings is 1. The van der Waals surface area contributed by atoms with Crippen molar-refractivity contribution in [1.82, 2.24) is 5.32 Å². The standard InChI is InChI=1S/C20H20N2O2S/c1-24-17-11-6-5-10-16(17)22-19(23)14-21-20(18-12-7-13-25-18)15-8-3-2-4-9-15/h2-13,20-21H,14H2,1H3,(H,22,23)/t20-/m0/s1. The highest BCUT2D eigenvalue weighted by Gasteiger charge is 2.16. The fourth-order valence-corrected chi connectivity index (χ4v) is 3.45. The largest absolute Gasteiger partial charge is 0.495 e. The molecule has 0 bridgehead atoms. The third kappa shape index (κ3) is 4.47. The van der Waals surface area contributed by atoms with Gasteiger partial charge in [-0.3, -0.25) is 10.1 Å². The Morgan fingerprint density at radius 3 is 2.52 bits per heavy atom. The summed E-state index contributed by atoms with van der Waals surface area (Å²) in [5.41, 5.74) is 1.80. The van der Waals surface area contributed by atoms with Crippen LogP contribution in [0.25, 0.3) is 0 Å². The van der Waals surface area contributed by atoms with Crippen LogP contribution in [0.3, 0.4) is 0 Å². The van der Waals surface area contributed by atoms with E-state index in [2.05, 4.69) is 28.8 Å². The number of para-hydroxylation sites is 2. The highest BCUT2D eigenvalue weighted by atomic mass is 32.1. The summed E-state index contributed by atoms with van der Waals surface area (Å²) >= 11 is 1.67. The number of rotatable bonds is 7. The maximum atomic E-state index is 12.4. The molecule has 0 unspecified atom stereocenters. The summed E-state index contributed by atoms with van der Waals surface area (Å²) in [7, 11) is 1.59. The molecular weight excluding hydrogens is 332 g/mol. The summed E-state index contributed by atoms with van der Waals surface area (Å²) in [6.45, 7) is 0.204. The number of amides is 1. The summed E-state index contributed by atoms with van der Waals surface area (Å²) in [6.07, 6.45) is 0. The van der Waals surface area contributed by atoms with E-state index in [1.54, 1.807) is 18.4 Å². The molecule has 0 aliphatic heterocycles. The number of carbonyl (C=O) groups excluding carboxylic acids is 1. The van der Waals surface area contributed by atoms with E-state index >= 15 is 0 Å². The Kier molecular flexibility index (Phi) is 5.82. The average Bonchev–Trinajstić information content (AvgIpc) is 3.18. The Morgan fingerprint density at radius 2 is 1.80 bits per heavy atom. The molecule has 1 heterocycles. The minimum absolute atomic E-state index is 0.00961. The number of carbonyl (C=O) groups is 1. The Balaban J connectivity index is 1.68. The van der Waals surface area contributed by atoms with Crippen molar-refractivity contribution in [3.8, 4) is 5.75 Å². The number of nitrogens with one attached hydrogen (secondary N) is 2. The summed E-state index contributed by atoms with van der Waals surface area (Å²) < 4.78 is 5.27. The number of benzene rings is 2. The van der Waals surface area contributed by atoms with Gasteiger partial charge in [0.2, 0.25) is 5.91 Å². The fraction of sp³-hybridized carbons (Fsp3) is 0.150. The summed E-state index contributed by atoms with van der Waals surface area (Å²) in [4.78, 5) is 13.5. The van der Waals surface area contributed by atoms with Crippen LogP contribution >= 0.6 is 11.3 Å². The highest BCUT2D eigenvalue weighted by molar-refractivity contribution is 7.10. The lowest BCUT2D eigenvalue weighted by molar-refractivity contribution is -0.115. The van der Waals surface area contributed by atoms with Crippen molar-refractivity contribution in [3.05, 3.63) is 82.6 Å². The van der Waals surface area contributed by atoms with Crippen LogP contribution in [0.4, 0.5) is 5.69 Å². The van der Waals surface area contributed by atoms with Gasteiger partial charge in [0.1, 0.15) is 5.75 Å². The lowest BCUT2D eigenvalue weighted by Crippen LogP contribution is -2.31. The van der Waals surface area contributed by atoms with E-state index in [0.717, 1.165) is 5.56 Å². The van der Waals surface area contributed by atoms with Gasteiger partial charge in [-0.2, -0.15) is 0 Å². The van der Waals surface area contributed by atoms with Gasteiger partial charge in [0, 0.05) is 4.88 Å². The molecule has 0 spiro atoms. The minimum Gasteiger partial charge on any atom is -0.495 e. The molecule has 5 heteroatoms. The topological polar surface area (TPSA) is 50.4 Å². The average molecular weight is 352 g/mol. The van der Waals surface area contributed by atoms with Gasteiger partial charge in [0.15, 0.2) is 0 Å². The first-order chi connectivity index (χ1) is 12.3. The van der Waals surface area contributed by atoms with Crippen molar-refractivity contribution in [2.45, 2.75) is 6.04 Å². The number of ether oxygens (including phenoxy) is 1. The summed E-state index contributed by atoms with van der Waals surface area (Å²) in [6, 6.07) is 21.6. The van der Waals surface area contributed by atoms with E-state index in [9.17, 15) is 4.79 Å². The molecule has 0 saturated heterocycles. The van der Waals surface area contributed by atoms with E-state index in [1.807, 2.05) is 53.9 Å². The van der Waals surface area contributed by atoms with Crippen LogP contribution in [-0.4, -0.2) is 19.6 Å².